The van der Waals surface area contributed by atoms with Crippen LogP contribution in [0, 0.1) is 6.92 Å². The summed E-state index contributed by atoms with van der Waals surface area (Å²) in [6.07, 6.45) is 0.835. The van der Waals surface area contributed by atoms with Crippen molar-refractivity contribution in [2.75, 3.05) is 26.9 Å². The van der Waals surface area contributed by atoms with Crippen LogP contribution in [0.15, 0.2) is 18.2 Å². The molecule has 120 valence electrons. The third-order valence-electron chi connectivity index (χ3n) is 3.36. The molecule has 4 nitrogen and oxygen atoms in total. The lowest BCUT2D eigenvalue weighted by atomic mass is 10.1. The molecule has 0 fully saturated rings. The Kier molecular flexibility index (Phi) is 7.96. The molecule has 0 atom stereocenters. The van der Waals surface area contributed by atoms with Crippen LogP contribution in [0.3, 0.4) is 0 Å². The molecule has 0 aliphatic carbocycles. The van der Waals surface area contributed by atoms with Gasteiger partial charge in [0.2, 0.25) is 0 Å². The van der Waals surface area contributed by atoms with Crippen LogP contribution in [0.5, 0.6) is 5.75 Å². The Morgan fingerprint density at radius 2 is 1.52 bits per heavy atom. The molecule has 0 aromatic heterocycles. The molecule has 0 bridgehead atoms. The molecule has 0 saturated heterocycles. The van der Waals surface area contributed by atoms with Crippen LogP contribution >= 0.6 is 0 Å². The Bertz CT molecular complexity index is 406. The monoisotopic (exact) mass is 312 g/mol. The van der Waals surface area contributed by atoms with Crippen LogP contribution in [0.1, 0.15) is 31.9 Å². The number of benzene rings is 1. The van der Waals surface area contributed by atoms with E-state index in [1.807, 2.05) is 32.9 Å². The Morgan fingerprint density at radius 1 is 0.952 bits per heavy atom. The molecular formula is C16H28O4Si. The van der Waals surface area contributed by atoms with Crippen molar-refractivity contribution in [2.24, 2.45) is 0 Å². The molecule has 0 aliphatic heterocycles. The predicted molar refractivity (Wildman–Crippen MR) is 86.9 cm³/mol. The van der Waals surface area contributed by atoms with Gasteiger partial charge >= 0.3 is 8.80 Å². The first-order chi connectivity index (χ1) is 10.1. The summed E-state index contributed by atoms with van der Waals surface area (Å²) in [5.74, 6) is 0.919. The number of hydrogen-bond acceptors (Lipinski definition) is 4. The minimum absolute atomic E-state index is 0.608. The summed E-state index contributed by atoms with van der Waals surface area (Å²) in [5.41, 5.74) is 2.43. The van der Waals surface area contributed by atoms with E-state index in [-0.39, 0.29) is 0 Å². The van der Waals surface area contributed by atoms with E-state index in [1.54, 1.807) is 7.11 Å². The fraction of sp³-hybridized carbons (Fsp3) is 0.625. The summed E-state index contributed by atoms with van der Waals surface area (Å²) in [6, 6.07) is 6.87. The van der Waals surface area contributed by atoms with Gasteiger partial charge < -0.3 is 18.0 Å². The Hall–Kier alpha value is -0.883. The molecule has 0 radical (unpaired) electrons. The Balaban J connectivity index is 2.90. The summed E-state index contributed by atoms with van der Waals surface area (Å²) in [6.45, 7) is 9.87. The van der Waals surface area contributed by atoms with Crippen LogP contribution in [-0.4, -0.2) is 35.7 Å². The molecule has 0 N–H and O–H groups in total. The van der Waals surface area contributed by atoms with Gasteiger partial charge in [0, 0.05) is 25.9 Å². The van der Waals surface area contributed by atoms with Gasteiger partial charge in [0.25, 0.3) is 0 Å². The fourth-order valence-electron chi connectivity index (χ4n) is 2.47. The van der Waals surface area contributed by atoms with Gasteiger partial charge in [-0.05, 0) is 51.3 Å². The van der Waals surface area contributed by atoms with Crippen molar-refractivity contribution in [2.45, 2.75) is 40.2 Å². The van der Waals surface area contributed by atoms with Crippen molar-refractivity contribution in [3.8, 4) is 5.75 Å². The number of hydrogen-bond donors (Lipinski definition) is 0. The molecule has 0 heterocycles. The highest BCUT2D eigenvalue weighted by molar-refractivity contribution is 6.60. The Labute approximate surface area is 129 Å². The van der Waals surface area contributed by atoms with Crippen molar-refractivity contribution in [3.63, 3.8) is 0 Å². The minimum atomic E-state index is -2.59. The molecule has 21 heavy (non-hydrogen) atoms. The largest absolute Gasteiger partial charge is 0.501 e. The highest BCUT2D eigenvalue weighted by Crippen LogP contribution is 2.27. The first-order valence-corrected chi connectivity index (χ1v) is 9.60. The summed E-state index contributed by atoms with van der Waals surface area (Å²) >= 11 is 0. The lowest BCUT2D eigenvalue weighted by molar-refractivity contribution is 0.0714. The van der Waals surface area contributed by atoms with Gasteiger partial charge in [0.15, 0.2) is 0 Å². The van der Waals surface area contributed by atoms with Crippen LogP contribution in [0.25, 0.3) is 0 Å². The number of rotatable bonds is 10. The SMILES string of the molecule is CCO[Si](CCc1c(C)cccc1OC)(OCC)OCC. The van der Waals surface area contributed by atoms with Crippen molar-refractivity contribution in [1.29, 1.82) is 0 Å². The summed E-state index contributed by atoms with van der Waals surface area (Å²) in [4.78, 5) is 0. The average molecular weight is 312 g/mol. The van der Waals surface area contributed by atoms with Gasteiger partial charge in [0.1, 0.15) is 5.75 Å². The van der Waals surface area contributed by atoms with E-state index in [1.165, 1.54) is 11.1 Å². The molecule has 1 aromatic rings. The van der Waals surface area contributed by atoms with Crippen LogP contribution in [-0.2, 0) is 19.7 Å². The second-order valence-corrected chi connectivity index (χ2v) is 7.47. The molecule has 5 heteroatoms. The summed E-state index contributed by atoms with van der Waals surface area (Å²) in [5, 5.41) is 0. The first kappa shape index (κ1) is 18.2. The Morgan fingerprint density at radius 3 is 2.00 bits per heavy atom. The zero-order valence-electron chi connectivity index (χ0n) is 13.9. The molecule has 0 unspecified atom stereocenters. The molecular weight excluding hydrogens is 284 g/mol. The van der Waals surface area contributed by atoms with E-state index in [9.17, 15) is 0 Å². The number of ether oxygens (including phenoxy) is 1. The van der Waals surface area contributed by atoms with Gasteiger partial charge in [-0.25, -0.2) is 0 Å². The van der Waals surface area contributed by atoms with E-state index < -0.39 is 8.80 Å². The molecule has 0 spiro atoms. The highest BCUT2D eigenvalue weighted by Gasteiger charge is 2.40. The van der Waals surface area contributed by atoms with Gasteiger partial charge in [0.05, 0.1) is 7.11 Å². The van der Waals surface area contributed by atoms with Gasteiger partial charge in [-0.1, -0.05) is 12.1 Å². The smallest absolute Gasteiger partial charge is 0.496 e. The van der Waals surface area contributed by atoms with E-state index in [4.69, 9.17) is 18.0 Å². The van der Waals surface area contributed by atoms with Crippen LogP contribution in [0.4, 0.5) is 0 Å². The van der Waals surface area contributed by atoms with Crippen molar-refractivity contribution < 1.29 is 18.0 Å². The normalized spacial score (nSPS) is 11.7. The second kappa shape index (κ2) is 9.20. The maximum atomic E-state index is 5.90. The average Bonchev–Trinajstić information content (AvgIpc) is 2.46. The fourth-order valence-corrected chi connectivity index (χ4v) is 5.02. The van der Waals surface area contributed by atoms with E-state index in [2.05, 4.69) is 13.0 Å². The predicted octanol–water partition coefficient (Wildman–Crippen LogP) is 3.59. The lowest BCUT2D eigenvalue weighted by Gasteiger charge is -2.28. The van der Waals surface area contributed by atoms with E-state index >= 15 is 0 Å². The number of aryl methyl sites for hydroxylation is 1. The van der Waals surface area contributed by atoms with E-state index in [0.29, 0.717) is 19.8 Å². The minimum Gasteiger partial charge on any atom is -0.496 e. The third-order valence-corrected chi connectivity index (χ3v) is 6.41. The number of methoxy groups -OCH3 is 1. The molecule has 1 rings (SSSR count). The second-order valence-electron chi connectivity index (χ2n) is 4.74. The van der Waals surface area contributed by atoms with E-state index in [0.717, 1.165) is 18.2 Å². The van der Waals surface area contributed by atoms with Gasteiger partial charge in [-0.15, -0.1) is 0 Å². The zero-order chi connectivity index (χ0) is 15.7. The van der Waals surface area contributed by atoms with Crippen molar-refractivity contribution in [3.05, 3.63) is 29.3 Å². The molecule has 0 aliphatic rings. The summed E-state index contributed by atoms with van der Waals surface area (Å²) in [7, 11) is -0.888. The summed E-state index contributed by atoms with van der Waals surface area (Å²) < 4.78 is 23.2. The van der Waals surface area contributed by atoms with Gasteiger partial charge in [-0.3, -0.25) is 0 Å². The van der Waals surface area contributed by atoms with Crippen molar-refractivity contribution in [1.82, 2.24) is 0 Å². The van der Waals surface area contributed by atoms with Crippen molar-refractivity contribution >= 4 is 8.80 Å². The maximum Gasteiger partial charge on any atom is 0.501 e. The standard InChI is InChI=1S/C16H28O4Si/c1-6-18-21(19-7-2,20-8-3)13-12-15-14(4)10-9-11-16(15)17-5/h9-11H,6-8,12-13H2,1-5H3. The topological polar surface area (TPSA) is 36.9 Å². The van der Waals surface area contributed by atoms with Crippen LogP contribution in [0.2, 0.25) is 6.04 Å². The third kappa shape index (κ3) is 5.11. The van der Waals surface area contributed by atoms with Gasteiger partial charge in [-0.2, -0.15) is 0 Å². The molecule has 0 amide bonds. The van der Waals surface area contributed by atoms with Crippen LogP contribution < -0.4 is 4.74 Å². The maximum absolute atomic E-state index is 5.90. The highest BCUT2D eigenvalue weighted by atomic mass is 28.4. The first-order valence-electron chi connectivity index (χ1n) is 7.66. The molecule has 1 aromatic carbocycles. The quantitative estimate of drug-likeness (QED) is 0.619. The zero-order valence-corrected chi connectivity index (χ0v) is 14.9. The molecule has 0 saturated carbocycles. The lowest BCUT2D eigenvalue weighted by Crippen LogP contribution is -2.46.